The second-order valence-electron chi connectivity index (χ2n) is 4.31. The molecule has 7 heteroatoms. The van der Waals surface area contributed by atoms with Crippen LogP contribution >= 0.6 is 0 Å². The van der Waals surface area contributed by atoms with E-state index in [4.69, 9.17) is 14.2 Å². The zero-order valence-electron chi connectivity index (χ0n) is 12.2. The van der Waals surface area contributed by atoms with Crippen molar-refractivity contribution in [2.75, 3.05) is 21.3 Å². The first kappa shape index (κ1) is 15.9. The van der Waals surface area contributed by atoms with Gasteiger partial charge in [0.05, 0.1) is 32.6 Å². The molecule has 1 aromatic carbocycles. The van der Waals surface area contributed by atoms with Gasteiger partial charge in [0.15, 0.2) is 11.5 Å². The van der Waals surface area contributed by atoms with Crippen molar-refractivity contribution in [2.24, 2.45) is 0 Å². The highest BCUT2D eigenvalue weighted by Gasteiger charge is 2.34. The summed E-state index contributed by atoms with van der Waals surface area (Å²) in [7, 11) is 4.20. The maximum atomic E-state index is 13.1. The maximum absolute atomic E-state index is 13.1. The average Bonchev–Trinajstić information content (AvgIpc) is 2.52. The van der Waals surface area contributed by atoms with Gasteiger partial charge >= 0.3 is 6.18 Å². The third kappa shape index (κ3) is 2.93. The van der Waals surface area contributed by atoms with Crippen molar-refractivity contribution in [2.45, 2.75) is 6.18 Å². The number of benzene rings is 1. The molecule has 0 saturated heterocycles. The fourth-order valence-electron chi connectivity index (χ4n) is 2.08. The Morgan fingerprint density at radius 3 is 2.00 bits per heavy atom. The van der Waals surface area contributed by atoms with Gasteiger partial charge in [0.25, 0.3) is 0 Å². The summed E-state index contributed by atoms with van der Waals surface area (Å²) in [5.74, 6) is 0.824. The van der Waals surface area contributed by atoms with Gasteiger partial charge in [0.2, 0.25) is 5.75 Å². The number of aromatic nitrogens is 1. The van der Waals surface area contributed by atoms with Gasteiger partial charge in [-0.1, -0.05) is 0 Å². The zero-order chi connectivity index (χ0) is 16.3. The zero-order valence-corrected chi connectivity index (χ0v) is 12.2. The first-order valence-corrected chi connectivity index (χ1v) is 6.25. The molecule has 0 radical (unpaired) electrons. The number of halogens is 3. The summed E-state index contributed by atoms with van der Waals surface area (Å²) in [4.78, 5) is 3.85. The number of pyridine rings is 1. The van der Waals surface area contributed by atoms with E-state index in [1.807, 2.05) is 0 Å². The largest absolute Gasteiger partial charge is 0.493 e. The molecule has 0 N–H and O–H groups in total. The maximum Gasteiger partial charge on any atom is 0.418 e. The first-order valence-electron chi connectivity index (χ1n) is 6.25. The van der Waals surface area contributed by atoms with E-state index in [-0.39, 0.29) is 22.8 Å². The lowest BCUT2D eigenvalue weighted by atomic mass is 10.0. The summed E-state index contributed by atoms with van der Waals surface area (Å²) in [6, 6.07) is 5.08. The molecule has 0 aliphatic carbocycles. The molecule has 0 spiro atoms. The second kappa shape index (κ2) is 6.13. The van der Waals surface area contributed by atoms with E-state index < -0.39 is 11.7 Å². The molecule has 0 aliphatic heterocycles. The summed E-state index contributed by atoms with van der Waals surface area (Å²) in [6.07, 6.45) is -3.21. The topological polar surface area (TPSA) is 40.6 Å². The van der Waals surface area contributed by atoms with Crippen LogP contribution in [0.1, 0.15) is 5.56 Å². The predicted molar refractivity (Wildman–Crippen MR) is 74.3 cm³/mol. The standard InChI is InChI=1S/C15H14F3NO3/c1-20-11-7-9(8-12(21-2)14(11)22-3)13-10(15(16,17)18)5-4-6-19-13/h4-8H,1-3H3. The Balaban J connectivity index is 2.69. The number of hydrogen-bond acceptors (Lipinski definition) is 4. The van der Waals surface area contributed by atoms with Crippen LogP contribution in [0.4, 0.5) is 13.2 Å². The second-order valence-corrected chi connectivity index (χ2v) is 4.31. The number of rotatable bonds is 4. The number of methoxy groups -OCH3 is 3. The third-order valence-corrected chi connectivity index (χ3v) is 3.05. The van der Waals surface area contributed by atoms with Crippen molar-refractivity contribution in [1.82, 2.24) is 4.98 Å². The van der Waals surface area contributed by atoms with Gasteiger partial charge < -0.3 is 14.2 Å². The van der Waals surface area contributed by atoms with Crippen molar-refractivity contribution in [1.29, 1.82) is 0 Å². The molecule has 2 aromatic rings. The molecule has 118 valence electrons. The van der Waals surface area contributed by atoms with Gasteiger partial charge in [-0.2, -0.15) is 13.2 Å². The molecular formula is C15H14F3NO3. The number of hydrogen-bond donors (Lipinski definition) is 0. The van der Waals surface area contributed by atoms with Crippen molar-refractivity contribution in [3.05, 3.63) is 36.0 Å². The van der Waals surface area contributed by atoms with Crippen molar-refractivity contribution < 1.29 is 27.4 Å². The van der Waals surface area contributed by atoms with Crippen LogP contribution in [-0.4, -0.2) is 26.3 Å². The molecule has 4 nitrogen and oxygen atoms in total. The lowest BCUT2D eigenvalue weighted by molar-refractivity contribution is -0.137. The quantitative estimate of drug-likeness (QED) is 0.861. The fourth-order valence-corrected chi connectivity index (χ4v) is 2.08. The summed E-state index contributed by atoms with van der Waals surface area (Å²) in [5, 5.41) is 0. The molecule has 1 heterocycles. The van der Waals surface area contributed by atoms with Crippen LogP contribution in [0.5, 0.6) is 17.2 Å². The van der Waals surface area contributed by atoms with Gasteiger partial charge in [-0.15, -0.1) is 0 Å². The summed E-state index contributed by atoms with van der Waals surface area (Å²) in [6.45, 7) is 0. The van der Waals surface area contributed by atoms with Gasteiger partial charge in [-0.25, -0.2) is 0 Å². The van der Waals surface area contributed by atoms with Gasteiger partial charge in [-0.3, -0.25) is 4.98 Å². The van der Waals surface area contributed by atoms with E-state index in [9.17, 15) is 13.2 Å². The minimum atomic E-state index is -4.51. The summed E-state index contributed by atoms with van der Waals surface area (Å²) < 4.78 is 54.8. The molecule has 0 fully saturated rings. The van der Waals surface area contributed by atoms with Crippen LogP contribution in [0.15, 0.2) is 30.5 Å². The van der Waals surface area contributed by atoms with E-state index >= 15 is 0 Å². The molecule has 0 atom stereocenters. The molecule has 0 amide bonds. The normalized spacial score (nSPS) is 11.2. The minimum Gasteiger partial charge on any atom is -0.493 e. The highest BCUT2D eigenvalue weighted by molar-refractivity contribution is 5.71. The van der Waals surface area contributed by atoms with Crippen LogP contribution in [0.3, 0.4) is 0 Å². The number of nitrogens with zero attached hydrogens (tertiary/aromatic N) is 1. The van der Waals surface area contributed by atoms with Crippen LogP contribution in [0.25, 0.3) is 11.3 Å². The van der Waals surface area contributed by atoms with E-state index in [1.54, 1.807) is 0 Å². The van der Waals surface area contributed by atoms with Crippen LogP contribution < -0.4 is 14.2 Å². The van der Waals surface area contributed by atoms with Crippen molar-refractivity contribution >= 4 is 0 Å². The Hall–Kier alpha value is -2.44. The Kier molecular flexibility index (Phi) is 4.44. The fraction of sp³-hybridized carbons (Fsp3) is 0.267. The third-order valence-electron chi connectivity index (χ3n) is 3.05. The van der Waals surface area contributed by atoms with E-state index in [0.717, 1.165) is 6.07 Å². The molecule has 1 aromatic heterocycles. The average molecular weight is 313 g/mol. The SMILES string of the molecule is COc1cc(-c2ncccc2C(F)(F)F)cc(OC)c1OC. The summed E-state index contributed by atoms with van der Waals surface area (Å²) >= 11 is 0. The van der Waals surface area contributed by atoms with Crippen molar-refractivity contribution in [3.63, 3.8) is 0 Å². The smallest absolute Gasteiger partial charge is 0.418 e. The highest BCUT2D eigenvalue weighted by Crippen LogP contribution is 2.43. The predicted octanol–water partition coefficient (Wildman–Crippen LogP) is 3.79. The van der Waals surface area contributed by atoms with Gasteiger partial charge in [-0.05, 0) is 24.3 Å². The van der Waals surface area contributed by atoms with Crippen LogP contribution in [-0.2, 0) is 6.18 Å². The van der Waals surface area contributed by atoms with Crippen LogP contribution in [0, 0.1) is 0 Å². The highest BCUT2D eigenvalue weighted by atomic mass is 19.4. The Morgan fingerprint density at radius 2 is 1.55 bits per heavy atom. The van der Waals surface area contributed by atoms with Crippen LogP contribution in [0.2, 0.25) is 0 Å². The van der Waals surface area contributed by atoms with E-state index in [2.05, 4.69) is 4.98 Å². The minimum absolute atomic E-state index is 0.200. The number of alkyl halides is 3. The Bertz CT molecular complexity index is 646. The van der Waals surface area contributed by atoms with E-state index in [1.165, 1.54) is 45.7 Å². The Morgan fingerprint density at radius 1 is 0.955 bits per heavy atom. The summed E-state index contributed by atoms with van der Waals surface area (Å²) in [5.41, 5.74) is -0.805. The monoisotopic (exact) mass is 313 g/mol. The van der Waals surface area contributed by atoms with Gasteiger partial charge in [0.1, 0.15) is 0 Å². The molecule has 22 heavy (non-hydrogen) atoms. The first-order chi connectivity index (χ1) is 10.4. The lowest BCUT2D eigenvalue weighted by Crippen LogP contribution is -2.08. The Labute approximate surface area is 125 Å². The van der Waals surface area contributed by atoms with E-state index in [0.29, 0.717) is 5.75 Å². The molecule has 0 aliphatic rings. The molecule has 0 saturated carbocycles. The molecule has 0 unspecified atom stereocenters. The molecule has 2 rings (SSSR count). The molecular weight excluding hydrogens is 299 g/mol. The lowest BCUT2D eigenvalue weighted by Gasteiger charge is -2.16. The number of ether oxygens (including phenoxy) is 3. The van der Waals surface area contributed by atoms with Gasteiger partial charge in [0, 0.05) is 11.8 Å². The molecule has 0 bridgehead atoms. The van der Waals surface area contributed by atoms with Crippen molar-refractivity contribution in [3.8, 4) is 28.5 Å².